The van der Waals surface area contributed by atoms with E-state index in [0.717, 1.165) is 50.0 Å². The van der Waals surface area contributed by atoms with Crippen molar-refractivity contribution in [1.29, 1.82) is 0 Å². The first kappa shape index (κ1) is 64.5. The number of ether oxygens (including phenoxy) is 2. The number of piperidine rings is 1. The summed E-state index contributed by atoms with van der Waals surface area (Å²) in [6.45, 7) is 16.3. The molecule has 2 saturated heterocycles. The van der Waals surface area contributed by atoms with Crippen LogP contribution in [0.1, 0.15) is 130 Å². The van der Waals surface area contributed by atoms with E-state index in [4.69, 9.17) is 9.47 Å². The van der Waals surface area contributed by atoms with Crippen molar-refractivity contribution >= 4 is 46.9 Å². The molecule has 0 radical (unpaired) electrons. The maximum Gasteiger partial charge on any atom is 0.306 e. The summed E-state index contributed by atoms with van der Waals surface area (Å²) in [5.74, 6) is -3.99. The SMILES string of the molecule is CC[C@H](C)[C@@H]([C@@H](CC(=O)N1CCC[C@H]1[C@H](O)[C@@H](C)C(=O)N[C@@H](Cc1ccccc1)C(=O)COCc1ccc(NC(=O)CCCCCN2CCC(C(=O)O)CC2)cc1)OC)N(C)C(=O)[C@@H](CC(=O)[C@H](C(C)C)N(C)C)C(C)C. The van der Waals surface area contributed by atoms with Gasteiger partial charge in [-0.2, -0.15) is 0 Å². The molecule has 0 bridgehead atoms. The average Bonchev–Trinajstić information content (AvgIpc) is 3.91. The van der Waals surface area contributed by atoms with Crippen molar-refractivity contribution in [1.82, 2.24) is 24.9 Å². The second kappa shape index (κ2) is 32.1. The summed E-state index contributed by atoms with van der Waals surface area (Å²) in [5.41, 5.74) is 2.26. The number of amides is 4. The van der Waals surface area contributed by atoms with E-state index in [1.807, 2.05) is 103 Å². The Hall–Kier alpha value is -5.07. The van der Waals surface area contributed by atoms with Gasteiger partial charge in [-0.15, -0.1) is 0 Å². The Morgan fingerprint density at radius 3 is 2.04 bits per heavy atom. The molecular formula is C60H94N6O11. The molecule has 0 unspecified atom stereocenters. The summed E-state index contributed by atoms with van der Waals surface area (Å²) in [4.78, 5) is 102. The molecule has 0 aromatic heterocycles. The standard InChI is InChI=1S/C60H94N6O11/c1-12-41(6)56(64(10)59(73)47(39(2)3)35-50(67)55(40(4)5)63(8)9)52(76-11)36-54(70)66-31-19-22-49(66)57(71)42(7)58(72)62-48(34-43-20-15-13-16-21-43)51(68)38-77-37-44-24-26-46(27-25-44)61-53(69)23-17-14-18-30-65-32-28-45(29-33-65)60(74)75/h13,15-16,20-21,24-27,39-42,45,47-49,52,55-57,71H,12,14,17-19,22-23,28-38H2,1-11H3,(H,61,69)(H,62,72)(H,74,75)/t41-,42+,47-,48-,49-,52+,55-,56-,57+/m0/s1. The molecular weight excluding hydrogens is 981 g/mol. The second-order valence-electron chi connectivity index (χ2n) is 22.8. The Morgan fingerprint density at radius 2 is 1.45 bits per heavy atom. The van der Waals surface area contributed by atoms with Gasteiger partial charge in [-0.05, 0) is 120 Å². The fourth-order valence-electron chi connectivity index (χ4n) is 11.3. The molecule has 2 aromatic carbocycles. The van der Waals surface area contributed by atoms with E-state index < -0.39 is 54.0 Å². The third-order valence-corrected chi connectivity index (χ3v) is 16.1. The van der Waals surface area contributed by atoms with E-state index in [-0.39, 0.29) is 91.5 Å². The maximum atomic E-state index is 14.4. The molecule has 0 spiro atoms. The summed E-state index contributed by atoms with van der Waals surface area (Å²) in [7, 11) is 7.03. The van der Waals surface area contributed by atoms with Crippen LogP contribution in [0.15, 0.2) is 54.6 Å². The molecule has 430 valence electrons. The lowest BCUT2D eigenvalue weighted by atomic mass is 9.83. The molecule has 77 heavy (non-hydrogen) atoms. The van der Waals surface area contributed by atoms with Crippen molar-refractivity contribution in [2.45, 2.75) is 168 Å². The van der Waals surface area contributed by atoms with Gasteiger partial charge in [0.15, 0.2) is 11.6 Å². The van der Waals surface area contributed by atoms with Gasteiger partial charge in [0.1, 0.15) is 6.61 Å². The fourth-order valence-corrected chi connectivity index (χ4v) is 11.3. The largest absolute Gasteiger partial charge is 0.481 e. The summed E-state index contributed by atoms with van der Waals surface area (Å²) in [6, 6.07) is 14.1. The predicted octanol–water partition coefficient (Wildman–Crippen LogP) is 6.88. The number of aliphatic carboxylic acids is 1. The van der Waals surface area contributed by atoms with Gasteiger partial charge in [0.25, 0.3) is 0 Å². The van der Waals surface area contributed by atoms with E-state index >= 15 is 0 Å². The van der Waals surface area contributed by atoms with Crippen LogP contribution in [0.25, 0.3) is 0 Å². The van der Waals surface area contributed by atoms with Crippen LogP contribution >= 0.6 is 0 Å². The number of carbonyl (C=O) groups excluding carboxylic acids is 6. The summed E-state index contributed by atoms with van der Waals surface area (Å²) in [6.07, 6.45) is 4.47. The number of benzene rings is 2. The highest BCUT2D eigenvalue weighted by molar-refractivity contribution is 5.92. The Kier molecular flexibility index (Phi) is 26.9. The lowest BCUT2D eigenvalue weighted by Gasteiger charge is -2.40. The van der Waals surface area contributed by atoms with Gasteiger partial charge in [-0.3, -0.25) is 38.5 Å². The van der Waals surface area contributed by atoms with Crippen molar-refractivity contribution in [2.75, 3.05) is 66.4 Å². The highest BCUT2D eigenvalue weighted by Gasteiger charge is 2.43. The van der Waals surface area contributed by atoms with Crippen LogP contribution in [0.4, 0.5) is 5.69 Å². The van der Waals surface area contributed by atoms with Crippen molar-refractivity contribution in [2.24, 2.45) is 35.5 Å². The average molecular weight is 1080 g/mol. The number of Topliss-reactive ketones (excluding diaryl/α,β-unsaturated/α-hetero) is 2. The molecule has 2 fully saturated rings. The van der Waals surface area contributed by atoms with Crippen LogP contribution in [-0.2, 0) is 56.1 Å². The highest BCUT2D eigenvalue weighted by Crippen LogP contribution is 2.31. The number of carboxylic acids is 1. The first-order valence-corrected chi connectivity index (χ1v) is 28.3. The van der Waals surface area contributed by atoms with Crippen LogP contribution < -0.4 is 10.6 Å². The quantitative estimate of drug-likeness (QED) is 0.0538. The number of carboxylic acid groups (broad SMARTS) is 1. The summed E-state index contributed by atoms with van der Waals surface area (Å²) < 4.78 is 11.9. The molecule has 4 N–H and O–H groups in total. The minimum atomic E-state index is -1.25. The number of likely N-dealkylation sites (N-methyl/N-ethyl adjacent to an activating group) is 2. The normalized spacial score (nSPS) is 18.5. The highest BCUT2D eigenvalue weighted by atomic mass is 16.5. The van der Waals surface area contributed by atoms with Crippen molar-refractivity contribution in [3.63, 3.8) is 0 Å². The van der Waals surface area contributed by atoms with Gasteiger partial charge in [0.05, 0.1) is 61.2 Å². The van der Waals surface area contributed by atoms with Crippen LogP contribution in [-0.4, -0.2) is 168 Å². The molecule has 2 heterocycles. The number of unbranched alkanes of at least 4 members (excludes halogenated alkanes) is 2. The number of ketones is 2. The number of carbonyl (C=O) groups is 7. The van der Waals surface area contributed by atoms with E-state index in [0.29, 0.717) is 50.8 Å². The monoisotopic (exact) mass is 1070 g/mol. The number of nitrogens with zero attached hydrogens (tertiary/aromatic N) is 4. The second-order valence-corrected chi connectivity index (χ2v) is 22.8. The molecule has 2 aliphatic rings. The van der Waals surface area contributed by atoms with Gasteiger partial charge >= 0.3 is 5.97 Å². The zero-order valence-corrected chi connectivity index (χ0v) is 48.2. The van der Waals surface area contributed by atoms with Crippen LogP contribution in [0.3, 0.4) is 0 Å². The fraction of sp³-hybridized carbons (Fsp3) is 0.683. The number of aliphatic hydroxyl groups excluding tert-OH is 1. The Balaban J connectivity index is 1.32. The van der Waals surface area contributed by atoms with Crippen LogP contribution in [0.5, 0.6) is 0 Å². The Morgan fingerprint density at radius 1 is 0.792 bits per heavy atom. The molecule has 4 amide bonds. The molecule has 17 nitrogen and oxygen atoms in total. The molecule has 0 saturated carbocycles. The Labute approximate surface area is 459 Å². The molecule has 4 rings (SSSR count). The summed E-state index contributed by atoms with van der Waals surface area (Å²) >= 11 is 0. The number of hydrogen-bond acceptors (Lipinski definition) is 12. The van der Waals surface area contributed by atoms with Crippen molar-refractivity contribution in [3.8, 4) is 0 Å². The lowest BCUT2D eigenvalue weighted by molar-refractivity contribution is -0.149. The maximum absolute atomic E-state index is 14.4. The van der Waals surface area contributed by atoms with Gasteiger partial charge in [-0.1, -0.05) is 104 Å². The zero-order valence-electron chi connectivity index (χ0n) is 48.2. The predicted molar refractivity (Wildman–Crippen MR) is 299 cm³/mol. The van der Waals surface area contributed by atoms with Gasteiger partial charge < -0.3 is 45.0 Å². The topological polar surface area (TPSA) is 215 Å². The third kappa shape index (κ3) is 19.7. The summed E-state index contributed by atoms with van der Waals surface area (Å²) in [5, 5.41) is 26.9. The van der Waals surface area contributed by atoms with Gasteiger partial charge in [-0.25, -0.2) is 0 Å². The zero-order chi connectivity index (χ0) is 56.9. The smallest absolute Gasteiger partial charge is 0.306 e. The van der Waals surface area contributed by atoms with Gasteiger partial charge in [0, 0.05) is 45.1 Å². The first-order valence-electron chi connectivity index (χ1n) is 28.3. The lowest BCUT2D eigenvalue weighted by Crippen LogP contribution is -2.54. The number of rotatable bonds is 33. The molecule has 0 aliphatic carbocycles. The number of nitrogens with one attached hydrogen (secondary N) is 2. The minimum absolute atomic E-state index is 0.0158. The van der Waals surface area contributed by atoms with Gasteiger partial charge in [0.2, 0.25) is 23.6 Å². The molecule has 17 heteroatoms. The molecule has 9 atom stereocenters. The first-order chi connectivity index (χ1) is 36.6. The number of hydrogen-bond donors (Lipinski definition) is 4. The van der Waals surface area contributed by atoms with Crippen LogP contribution in [0, 0.1) is 35.5 Å². The van der Waals surface area contributed by atoms with E-state index in [1.54, 1.807) is 35.9 Å². The van der Waals surface area contributed by atoms with E-state index in [9.17, 15) is 43.8 Å². The number of methoxy groups -OCH3 is 1. The van der Waals surface area contributed by atoms with E-state index in [1.165, 1.54) is 7.11 Å². The third-order valence-electron chi connectivity index (χ3n) is 16.1. The molecule has 2 aromatic rings. The van der Waals surface area contributed by atoms with Crippen molar-refractivity contribution < 1.29 is 53.2 Å². The number of likely N-dealkylation sites (tertiary alicyclic amines) is 2. The number of aliphatic hydroxyl groups is 1. The number of anilines is 1. The van der Waals surface area contributed by atoms with Crippen molar-refractivity contribution in [3.05, 3.63) is 65.7 Å². The van der Waals surface area contributed by atoms with Crippen LogP contribution in [0.2, 0.25) is 0 Å². The Bertz CT molecular complexity index is 2170. The molecule has 2 aliphatic heterocycles. The van der Waals surface area contributed by atoms with E-state index in [2.05, 4.69) is 15.5 Å². The minimum Gasteiger partial charge on any atom is -0.481 e.